The summed E-state index contributed by atoms with van der Waals surface area (Å²) in [7, 11) is 0. The summed E-state index contributed by atoms with van der Waals surface area (Å²) in [6, 6.07) is 3.07. The van der Waals surface area contributed by atoms with Crippen molar-refractivity contribution in [3.8, 4) is 6.07 Å². The highest BCUT2D eigenvalue weighted by Crippen LogP contribution is 2.46. The molecule has 0 unspecified atom stereocenters. The smallest absolute Gasteiger partial charge is 0.243 e. The number of nitriles is 1. The number of hydrogen-bond acceptors (Lipinski definition) is 3. The zero-order valence-corrected chi connectivity index (χ0v) is 11.1. The first-order valence-electron chi connectivity index (χ1n) is 7.09. The van der Waals surface area contributed by atoms with E-state index in [1.165, 1.54) is 12.8 Å². The van der Waals surface area contributed by atoms with E-state index in [9.17, 15) is 10.1 Å². The maximum atomic E-state index is 12.5. The van der Waals surface area contributed by atoms with Gasteiger partial charge in [0, 0.05) is 32.2 Å². The number of hydrogen-bond donors (Lipinski definition) is 0. The lowest BCUT2D eigenvalue weighted by Gasteiger charge is -2.44. The third-order valence-electron chi connectivity index (χ3n) is 4.68. The molecule has 4 heteroatoms. The summed E-state index contributed by atoms with van der Waals surface area (Å²) in [4.78, 5) is 16.9. The van der Waals surface area contributed by atoms with E-state index in [-0.39, 0.29) is 5.91 Å². The van der Waals surface area contributed by atoms with Gasteiger partial charge in [-0.25, -0.2) is 0 Å². The summed E-state index contributed by atoms with van der Waals surface area (Å²) < 4.78 is 0. The summed E-state index contributed by atoms with van der Waals surface area (Å²) in [5.74, 6) is 0.625. The van der Waals surface area contributed by atoms with Gasteiger partial charge in [-0.1, -0.05) is 6.92 Å². The average molecular weight is 247 g/mol. The van der Waals surface area contributed by atoms with Crippen molar-refractivity contribution in [2.45, 2.75) is 38.6 Å². The van der Waals surface area contributed by atoms with Crippen LogP contribution in [-0.2, 0) is 4.79 Å². The molecule has 0 aromatic carbocycles. The molecule has 18 heavy (non-hydrogen) atoms. The van der Waals surface area contributed by atoms with Crippen molar-refractivity contribution in [3.63, 3.8) is 0 Å². The van der Waals surface area contributed by atoms with Gasteiger partial charge in [0.25, 0.3) is 0 Å². The lowest BCUT2D eigenvalue weighted by Crippen LogP contribution is -2.56. The van der Waals surface area contributed by atoms with Gasteiger partial charge in [-0.05, 0) is 31.6 Å². The van der Waals surface area contributed by atoms with E-state index in [1.54, 1.807) is 0 Å². The van der Waals surface area contributed by atoms with Crippen molar-refractivity contribution in [1.82, 2.24) is 9.80 Å². The van der Waals surface area contributed by atoms with Gasteiger partial charge in [-0.2, -0.15) is 5.26 Å². The SMILES string of the molecule is CC1CC(C#N)(C(=O)N2CCN(C3CC3)CC2)C1. The second kappa shape index (κ2) is 4.24. The first-order chi connectivity index (χ1) is 8.64. The van der Waals surface area contributed by atoms with E-state index >= 15 is 0 Å². The van der Waals surface area contributed by atoms with Gasteiger partial charge in [-0.3, -0.25) is 9.69 Å². The molecule has 3 fully saturated rings. The molecule has 3 aliphatic rings. The maximum absolute atomic E-state index is 12.5. The van der Waals surface area contributed by atoms with E-state index in [4.69, 9.17) is 0 Å². The van der Waals surface area contributed by atoms with Crippen LogP contribution in [0.3, 0.4) is 0 Å². The van der Waals surface area contributed by atoms with Crippen LogP contribution in [0.5, 0.6) is 0 Å². The van der Waals surface area contributed by atoms with Crippen LogP contribution in [0.15, 0.2) is 0 Å². The second-order valence-electron chi connectivity index (χ2n) is 6.27. The minimum atomic E-state index is -0.679. The van der Waals surface area contributed by atoms with Crippen LogP contribution in [0.1, 0.15) is 32.6 Å². The molecule has 0 spiro atoms. The molecule has 1 saturated heterocycles. The van der Waals surface area contributed by atoms with Crippen molar-refractivity contribution in [2.24, 2.45) is 11.3 Å². The fraction of sp³-hybridized carbons (Fsp3) is 0.857. The summed E-state index contributed by atoms with van der Waals surface area (Å²) in [5, 5.41) is 9.30. The molecule has 0 bridgehead atoms. The highest BCUT2D eigenvalue weighted by Gasteiger charge is 2.51. The molecule has 1 aliphatic heterocycles. The molecule has 4 nitrogen and oxygen atoms in total. The first kappa shape index (κ1) is 12.0. The number of carbonyl (C=O) groups excluding carboxylic acids is 1. The van der Waals surface area contributed by atoms with Crippen LogP contribution in [0.2, 0.25) is 0 Å². The minimum absolute atomic E-state index is 0.0959. The zero-order valence-electron chi connectivity index (χ0n) is 11.1. The maximum Gasteiger partial charge on any atom is 0.243 e. The van der Waals surface area contributed by atoms with Crippen molar-refractivity contribution < 1.29 is 4.79 Å². The van der Waals surface area contributed by atoms with Gasteiger partial charge in [0.15, 0.2) is 0 Å². The van der Waals surface area contributed by atoms with E-state index in [1.807, 2.05) is 4.90 Å². The summed E-state index contributed by atoms with van der Waals surface area (Å²) >= 11 is 0. The van der Waals surface area contributed by atoms with Crippen molar-refractivity contribution in [3.05, 3.63) is 0 Å². The molecule has 0 aromatic heterocycles. The van der Waals surface area contributed by atoms with Gasteiger partial charge < -0.3 is 4.90 Å². The predicted octanol–water partition coefficient (Wildman–Crippen LogP) is 1.23. The standard InChI is InChI=1S/C14H21N3O/c1-11-8-14(9-11,10-15)13(18)17-6-4-16(5-7-17)12-2-3-12/h11-12H,2-9H2,1H3. The number of rotatable bonds is 2. The molecule has 1 amide bonds. The molecule has 1 heterocycles. The molecule has 2 saturated carbocycles. The molecule has 3 rings (SSSR count). The third kappa shape index (κ3) is 1.91. The van der Waals surface area contributed by atoms with Crippen LogP contribution in [0, 0.1) is 22.7 Å². The number of amides is 1. The Labute approximate surface area is 109 Å². The van der Waals surface area contributed by atoms with Crippen molar-refractivity contribution >= 4 is 5.91 Å². The van der Waals surface area contributed by atoms with Crippen molar-refractivity contribution in [1.29, 1.82) is 5.26 Å². The monoisotopic (exact) mass is 247 g/mol. The minimum Gasteiger partial charge on any atom is -0.339 e. The van der Waals surface area contributed by atoms with Gasteiger partial charge in [-0.15, -0.1) is 0 Å². The topological polar surface area (TPSA) is 47.3 Å². The predicted molar refractivity (Wildman–Crippen MR) is 67.6 cm³/mol. The van der Waals surface area contributed by atoms with E-state index in [0.29, 0.717) is 5.92 Å². The largest absolute Gasteiger partial charge is 0.339 e. The van der Waals surface area contributed by atoms with Gasteiger partial charge in [0.1, 0.15) is 5.41 Å². The Morgan fingerprint density at radius 1 is 1.22 bits per heavy atom. The zero-order chi connectivity index (χ0) is 12.8. The van der Waals surface area contributed by atoms with E-state index in [2.05, 4.69) is 17.9 Å². The van der Waals surface area contributed by atoms with E-state index in [0.717, 1.165) is 45.1 Å². The van der Waals surface area contributed by atoms with Crippen LogP contribution in [0.4, 0.5) is 0 Å². The third-order valence-corrected chi connectivity index (χ3v) is 4.68. The fourth-order valence-electron chi connectivity index (χ4n) is 3.48. The van der Waals surface area contributed by atoms with Crippen LogP contribution >= 0.6 is 0 Å². The Balaban J connectivity index is 1.59. The summed E-state index contributed by atoms with van der Waals surface area (Å²) in [6.07, 6.45) is 4.16. The molecule has 98 valence electrons. The summed E-state index contributed by atoms with van der Waals surface area (Å²) in [6.45, 7) is 5.73. The lowest BCUT2D eigenvalue weighted by molar-refractivity contribution is -0.147. The molecule has 0 atom stereocenters. The Bertz CT molecular complexity index is 382. The summed E-state index contributed by atoms with van der Waals surface area (Å²) in [5.41, 5.74) is -0.679. The Kier molecular flexibility index (Phi) is 2.82. The van der Waals surface area contributed by atoms with Crippen LogP contribution < -0.4 is 0 Å². The van der Waals surface area contributed by atoms with Gasteiger partial charge in [0.2, 0.25) is 5.91 Å². The van der Waals surface area contributed by atoms with Crippen molar-refractivity contribution in [2.75, 3.05) is 26.2 Å². The van der Waals surface area contributed by atoms with Crippen LogP contribution in [-0.4, -0.2) is 47.9 Å². The molecule has 0 radical (unpaired) electrons. The molecule has 2 aliphatic carbocycles. The molecule has 0 N–H and O–H groups in total. The van der Waals surface area contributed by atoms with Crippen LogP contribution in [0.25, 0.3) is 0 Å². The van der Waals surface area contributed by atoms with Gasteiger partial charge >= 0.3 is 0 Å². The number of piperazine rings is 1. The highest BCUT2D eigenvalue weighted by atomic mass is 16.2. The molecular weight excluding hydrogens is 226 g/mol. The Morgan fingerprint density at radius 2 is 1.83 bits per heavy atom. The quantitative estimate of drug-likeness (QED) is 0.737. The highest BCUT2D eigenvalue weighted by molar-refractivity contribution is 5.86. The molecular formula is C14H21N3O. The number of nitrogens with zero attached hydrogens (tertiary/aromatic N) is 3. The normalized spacial score (nSPS) is 36.9. The Hall–Kier alpha value is -1.08. The number of carbonyl (C=O) groups is 1. The fourth-order valence-corrected chi connectivity index (χ4v) is 3.48. The first-order valence-corrected chi connectivity index (χ1v) is 7.09. The Morgan fingerprint density at radius 3 is 2.28 bits per heavy atom. The van der Waals surface area contributed by atoms with E-state index < -0.39 is 5.41 Å². The van der Waals surface area contributed by atoms with Gasteiger partial charge in [0.05, 0.1) is 6.07 Å². The lowest BCUT2D eigenvalue weighted by atomic mass is 9.62. The second-order valence-corrected chi connectivity index (χ2v) is 6.27. The average Bonchev–Trinajstić information content (AvgIpc) is 3.18. The molecule has 0 aromatic rings.